The van der Waals surface area contributed by atoms with Crippen molar-refractivity contribution >= 4 is 11.4 Å². The second-order valence-corrected chi connectivity index (χ2v) is 4.34. The third-order valence-corrected chi connectivity index (χ3v) is 2.78. The first kappa shape index (κ1) is 13.7. The largest absolute Gasteiger partial charge is 0.479 e. The van der Waals surface area contributed by atoms with Crippen molar-refractivity contribution in [1.29, 1.82) is 5.26 Å². The van der Waals surface area contributed by atoms with E-state index < -0.39 is 0 Å². The Kier molecular flexibility index (Phi) is 4.11. The van der Waals surface area contributed by atoms with Crippen LogP contribution in [0.5, 0.6) is 5.88 Å². The predicted octanol–water partition coefficient (Wildman–Crippen LogP) is 2.23. The third kappa shape index (κ3) is 2.83. The summed E-state index contributed by atoms with van der Waals surface area (Å²) >= 11 is 0. The number of ether oxygens (including phenoxy) is 1. The zero-order chi connectivity index (χ0) is 14.5. The Bertz CT molecular complexity index is 628. The molecule has 20 heavy (non-hydrogen) atoms. The van der Waals surface area contributed by atoms with Crippen molar-refractivity contribution in [2.75, 3.05) is 31.4 Å². The zero-order valence-corrected chi connectivity index (χ0v) is 11.7. The molecular formula is C14H16N4O2. The molecule has 0 aliphatic rings. The van der Waals surface area contributed by atoms with E-state index in [1.807, 2.05) is 31.1 Å². The van der Waals surface area contributed by atoms with Crippen LogP contribution in [-0.2, 0) is 6.54 Å². The Balaban J connectivity index is 2.21. The monoisotopic (exact) mass is 272 g/mol. The van der Waals surface area contributed by atoms with Crippen molar-refractivity contribution in [3.05, 3.63) is 35.9 Å². The van der Waals surface area contributed by atoms with Crippen LogP contribution in [0.3, 0.4) is 0 Å². The van der Waals surface area contributed by atoms with Crippen molar-refractivity contribution < 1.29 is 9.15 Å². The van der Waals surface area contributed by atoms with E-state index in [0.29, 0.717) is 23.9 Å². The molecule has 0 fully saturated rings. The molecular weight excluding hydrogens is 256 g/mol. The average molecular weight is 272 g/mol. The van der Waals surface area contributed by atoms with Crippen LogP contribution in [0.2, 0.25) is 0 Å². The first-order chi connectivity index (χ1) is 9.65. The van der Waals surface area contributed by atoms with E-state index in [2.05, 4.69) is 10.3 Å². The van der Waals surface area contributed by atoms with Crippen LogP contribution in [0.15, 0.2) is 28.8 Å². The van der Waals surface area contributed by atoms with Crippen molar-refractivity contribution in [3.8, 4) is 11.9 Å². The number of pyridine rings is 1. The van der Waals surface area contributed by atoms with E-state index in [1.54, 1.807) is 25.4 Å². The minimum absolute atomic E-state index is 0.299. The van der Waals surface area contributed by atoms with Crippen LogP contribution in [-0.4, -0.2) is 26.2 Å². The van der Waals surface area contributed by atoms with Gasteiger partial charge in [0.1, 0.15) is 17.5 Å². The topological polar surface area (TPSA) is 74.3 Å². The van der Waals surface area contributed by atoms with Gasteiger partial charge >= 0.3 is 0 Å². The first-order valence-electron chi connectivity index (χ1n) is 6.08. The summed E-state index contributed by atoms with van der Waals surface area (Å²) in [5.41, 5.74) is 1.75. The molecule has 2 heterocycles. The van der Waals surface area contributed by atoms with E-state index in [9.17, 15) is 0 Å². The molecule has 0 spiro atoms. The van der Waals surface area contributed by atoms with Crippen LogP contribution in [0.4, 0.5) is 11.4 Å². The Hall–Kier alpha value is -2.68. The maximum absolute atomic E-state index is 8.73. The normalized spacial score (nSPS) is 9.90. The molecule has 0 saturated heterocycles. The number of aromatic nitrogens is 1. The number of furan rings is 1. The number of nitrogens with zero attached hydrogens (tertiary/aromatic N) is 3. The number of nitriles is 1. The van der Waals surface area contributed by atoms with E-state index in [4.69, 9.17) is 14.4 Å². The smallest absolute Gasteiger partial charge is 0.239 e. The van der Waals surface area contributed by atoms with Gasteiger partial charge < -0.3 is 19.4 Å². The molecule has 2 rings (SSSR count). The highest BCUT2D eigenvalue weighted by Gasteiger charge is 2.12. The summed E-state index contributed by atoms with van der Waals surface area (Å²) < 4.78 is 10.6. The number of rotatable bonds is 5. The predicted molar refractivity (Wildman–Crippen MR) is 75.9 cm³/mol. The van der Waals surface area contributed by atoms with Crippen molar-refractivity contribution in [2.24, 2.45) is 0 Å². The molecule has 2 aromatic heterocycles. The zero-order valence-electron chi connectivity index (χ0n) is 11.7. The molecule has 104 valence electrons. The average Bonchev–Trinajstić information content (AvgIpc) is 2.92. The van der Waals surface area contributed by atoms with Crippen molar-refractivity contribution in [2.45, 2.75) is 6.54 Å². The molecule has 0 radical (unpaired) electrons. The lowest BCUT2D eigenvalue weighted by atomic mass is 10.3. The third-order valence-electron chi connectivity index (χ3n) is 2.78. The van der Waals surface area contributed by atoms with E-state index in [1.165, 1.54) is 0 Å². The summed E-state index contributed by atoms with van der Waals surface area (Å²) in [5, 5.41) is 12.0. The second kappa shape index (κ2) is 5.97. The number of methoxy groups -OCH3 is 1. The van der Waals surface area contributed by atoms with Gasteiger partial charge in [0.05, 0.1) is 19.3 Å². The molecule has 6 nitrogen and oxygen atoms in total. The van der Waals surface area contributed by atoms with Crippen LogP contribution >= 0.6 is 0 Å². The maximum Gasteiger partial charge on any atom is 0.239 e. The van der Waals surface area contributed by atoms with Crippen LogP contribution < -0.4 is 15.0 Å². The van der Waals surface area contributed by atoms with Gasteiger partial charge in [-0.25, -0.2) is 4.98 Å². The van der Waals surface area contributed by atoms with Gasteiger partial charge in [-0.05, 0) is 18.2 Å². The maximum atomic E-state index is 8.73. The lowest BCUT2D eigenvalue weighted by molar-refractivity contribution is 0.399. The molecule has 0 aliphatic carbocycles. The highest BCUT2D eigenvalue weighted by Crippen LogP contribution is 2.32. The molecule has 0 bridgehead atoms. The highest BCUT2D eigenvalue weighted by molar-refractivity contribution is 5.74. The highest BCUT2D eigenvalue weighted by atomic mass is 16.5. The molecule has 0 aliphatic heterocycles. The molecule has 6 heteroatoms. The first-order valence-corrected chi connectivity index (χ1v) is 6.08. The molecule has 0 saturated carbocycles. The van der Waals surface area contributed by atoms with Gasteiger partial charge in [0.2, 0.25) is 11.6 Å². The fourth-order valence-electron chi connectivity index (χ4n) is 1.84. The molecule has 0 atom stereocenters. The summed E-state index contributed by atoms with van der Waals surface area (Å²) in [6, 6.07) is 7.27. The van der Waals surface area contributed by atoms with Crippen LogP contribution in [0.25, 0.3) is 0 Å². The fraction of sp³-hybridized carbons (Fsp3) is 0.286. The second-order valence-electron chi connectivity index (χ2n) is 4.34. The molecule has 1 N–H and O–H groups in total. The number of anilines is 2. The Morgan fingerprint density at radius 3 is 2.80 bits per heavy atom. The number of nitrogens with one attached hydrogen (secondary N) is 1. The molecule has 0 unspecified atom stereocenters. The number of hydrogen-bond acceptors (Lipinski definition) is 6. The van der Waals surface area contributed by atoms with Gasteiger partial charge in [0, 0.05) is 20.3 Å². The van der Waals surface area contributed by atoms with Crippen molar-refractivity contribution in [3.63, 3.8) is 0 Å². The Morgan fingerprint density at radius 2 is 2.20 bits per heavy atom. The summed E-state index contributed by atoms with van der Waals surface area (Å²) in [4.78, 5) is 6.15. The SMILES string of the molecule is COc1nccc(N(C)C)c1NCc1ccc(C#N)o1. The minimum atomic E-state index is 0.299. The summed E-state index contributed by atoms with van der Waals surface area (Å²) in [6.07, 6.45) is 1.69. The van der Waals surface area contributed by atoms with Gasteiger partial charge in [0.15, 0.2) is 0 Å². The van der Waals surface area contributed by atoms with Gasteiger partial charge in [-0.2, -0.15) is 5.26 Å². The Morgan fingerprint density at radius 1 is 1.40 bits per heavy atom. The molecule has 0 aromatic carbocycles. The Labute approximate surface area is 117 Å². The van der Waals surface area contributed by atoms with Crippen LogP contribution in [0.1, 0.15) is 11.5 Å². The summed E-state index contributed by atoms with van der Waals surface area (Å²) in [7, 11) is 5.47. The van der Waals surface area contributed by atoms with Gasteiger partial charge in [-0.3, -0.25) is 0 Å². The van der Waals surface area contributed by atoms with E-state index in [0.717, 1.165) is 11.4 Å². The quantitative estimate of drug-likeness (QED) is 0.899. The lowest BCUT2D eigenvalue weighted by Gasteiger charge is -2.19. The summed E-state index contributed by atoms with van der Waals surface area (Å²) in [5.74, 6) is 1.49. The van der Waals surface area contributed by atoms with Gasteiger partial charge in [-0.15, -0.1) is 0 Å². The standard InChI is InChI=1S/C14H16N4O2/c1-18(2)12-6-7-16-14(19-3)13(12)17-9-11-5-4-10(8-15)20-11/h4-7,17H,9H2,1-3H3. The number of hydrogen-bond donors (Lipinski definition) is 1. The van der Waals surface area contributed by atoms with Crippen molar-refractivity contribution in [1.82, 2.24) is 4.98 Å². The fourth-order valence-corrected chi connectivity index (χ4v) is 1.84. The minimum Gasteiger partial charge on any atom is -0.479 e. The van der Waals surface area contributed by atoms with E-state index >= 15 is 0 Å². The molecule has 0 amide bonds. The van der Waals surface area contributed by atoms with Gasteiger partial charge in [0.25, 0.3) is 0 Å². The van der Waals surface area contributed by atoms with Crippen LogP contribution in [0, 0.1) is 11.3 Å². The summed E-state index contributed by atoms with van der Waals surface area (Å²) in [6.45, 7) is 0.449. The van der Waals surface area contributed by atoms with E-state index in [-0.39, 0.29) is 0 Å². The lowest BCUT2D eigenvalue weighted by Crippen LogP contribution is -2.13. The molecule has 2 aromatic rings. The van der Waals surface area contributed by atoms with Gasteiger partial charge in [-0.1, -0.05) is 0 Å².